The van der Waals surface area contributed by atoms with Crippen molar-refractivity contribution in [3.63, 3.8) is 0 Å². The highest BCUT2D eigenvalue weighted by Gasteiger charge is 2.32. The lowest BCUT2D eigenvalue weighted by Crippen LogP contribution is -1.99. The van der Waals surface area contributed by atoms with Gasteiger partial charge in [0.15, 0.2) is 0 Å². The van der Waals surface area contributed by atoms with E-state index in [-0.39, 0.29) is 0 Å². The Kier molecular flexibility index (Phi) is 2.47. The molecule has 0 heterocycles. The van der Waals surface area contributed by atoms with Crippen LogP contribution in [0, 0.1) is 5.92 Å². The van der Waals surface area contributed by atoms with Crippen LogP contribution in [0.1, 0.15) is 42.0 Å². The Morgan fingerprint density at radius 3 is 2.25 bits per heavy atom. The molecule has 0 nitrogen and oxygen atoms in total. The Labute approximate surface area is 120 Å². The number of allylic oxidation sites excluding steroid dienone is 3. The Bertz CT molecular complexity index is 746. The molecule has 2 aromatic rings. The summed E-state index contributed by atoms with van der Waals surface area (Å²) in [5.41, 5.74) is 8.63. The molecule has 0 saturated carbocycles. The Hall–Kier alpha value is -2.08. The molecule has 2 aromatic carbocycles. The molecule has 0 heteroatoms. The van der Waals surface area contributed by atoms with E-state index >= 15 is 0 Å². The molecule has 0 saturated heterocycles. The van der Waals surface area contributed by atoms with Crippen LogP contribution in [-0.4, -0.2) is 0 Å². The largest absolute Gasteiger partial charge is 0.0619 e. The first-order chi connectivity index (χ1) is 9.77. The van der Waals surface area contributed by atoms with Gasteiger partial charge in [-0.1, -0.05) is 74.5 Å². The van der Waals surface area contributed by atoms with E-state index in [2.05, 4.69) is 74.5 Å². The van der Waals surface area contributed by atoms with Crippen molar-refractivity contribution in [1.82, 2.24) is 0 Å². The maximum Gasteiger partial charge on any atom is -0.0108 e. The van der Waals surface area contributed by atoms with Gasteiger partial charge in [0.2, 0.25) is 0 Å². The van der Waals surface area contributed by atoms with Crippen molar-refractivity contribution < 1.29 is 0 Å². The highest BCUT2D eigenvalue weighted by Crippen LogP contribution is 2.50. The van der Waals surface area contributed by atoms with Crippen LogP contribution in [0.5, 0.6) is 0 Å². The van der Waals surface area contributed by atoms with E-state index in [9.17, 15) is 0 Å². The zero-order valence-electron chi connectivity index (χ0n) is 11.9. The molecule has 2 atom stereocenters. The van der Waals surface area contributed by atoms with Crippen LogP contribution >= 0.6 is 0 Å². The monoisotopic (exact) mass is 258 g/mol. The lowest BCUT2D eigenvalue weighted by molar-refractivity contribution is 0.637. The highest BCUT2D eigenvalue weighted by molar-refractivity contribution is 6.05. The van der Waals surface area contributed by atoms with Gasteiger partial charge in [-0.3, -0.25) is 0 Å². The summed E-state index contributed by atoms with van der Waals surface area (Å²) in [6.45, 7) is 4.71. The molecule has 0 fully saturated rings. The summed E-state index contributed by atoms with van der Waals surface area (Å²) in [4.78, 5) is 0. The summed E-state index contributed by atoms with van der Waals surface area (Å²) in [7, 11) is 0. The van der Waals surface area contributed by atoms with Crippen LogP contribution in [0.4, 0.5) is 0 Å². The zero-order chi connectivity index (χ0) is 13.7. The van der Waals surface area contributed by atoms with Gasteiger partial charge in [0, 0.05) is 0 Å². The maximum absolute atomic E-state index is 2.36. The molecule has 0 aromatic heterocycles. The number of rotatable bonds is 0. The van der Waals surface area contributed by atoms with Crippen LogP contribution in [0.3, 0.4) is 0 Å². The molecule has 0 bridgehead atoms. The molecule has 98 valence electrons. The summed E-state index contributed by atoms with van der Waals surface area (Å²) in [6, 6.07) is 17.6. The third-order valence-electron chi connectivity index (χ3n) is 4.92. The molecule has 2 unspecified atom stereocenters. The maximum atomic E-state index is 2.36. The smallest absolute Gasteiger partial charge is 0.0108 e. The second-order valence-corrected chi connectivity index (χ2v) is 5.91. The standard InChI is InChI=1S/C20H18/c1-13-14(2)20(18-10-6-5-8-16(13)18)19-12-11-15-7-3-4-9-17(15)19/h3-14H,1-2H3/b20-19+. The van der Waals surface area contributed by atoms with E-state index in [0.29, 0.717) is 11.8 Å². The fourth-order valence-corrected chi connectivity index (χ4v) is 3.68. The molecule has 20 heavy (non-hydrogen) atoms. The first-order valence-electron chi connectivity index (χ1n) is 7.38. The van der Waals surface area contributed by atoms with E-state index in [1.54, 1.807) is 0 Å². The Balaban J connectivity index is 2.00. The number of hydrogen-bond acceptors (Lipinski definition) is 0. The summed E-state index contributed by atoms with van der Waals surface area (Å²) in [5, 5.41) is 0. The van der Waals surface area contributed by atoms with Gasteiger partial charge in [0.1, 0.15) is 0 Å². The van der Waals surface area contributed by atoms with Crippen LogP contribution in [0.25, 0.3) is 17.2 Å². The first kappa shape index (κ1) is 11.7. The van der Waals surface area contributed by atoms with Gasteiger partial charge < -0.3 is 0 Å². The van der Waals surface area contributed by atoms with E-state index in [1.165, 1.54) is 33.4 Å². The quantitative estimate of drug-likeness (QED) is 0.595. The van der Waals surface area contributed by atoms with Crippen LogP contribution in [0.15, 0.2) is 54.6 Å². The van der Waals surface area contributed by atoms with Crippen LogP contribution in [-0.2, 0) is 0 Å². The summed E-state index contributed by atoms with van der Waals surface area (Å²) < 4.78 is 0. The highest BCUT2D eigenvalue weighted by atomic mass is 14.4. The van der Waals surface area contributed by atoms with Crippen molar-refractivity contribution in [2.75, 3.05) is 0 Å². The van der Waals surface area contributed by atoms with Gasteiger partial charge in [0.25, 0.3) is 0 Å². The Morgan fingerprint density at radius 2 is 1.40 bits per heavy atom. The average Bonchev–Trinajstić information content (AvgIpc) is 3.01. The van der Waals surface area contributed by atoms with Gasteiger partial charge in [-0.25, -0.2) is 0 Å². The SMILES string of the molecule is CC1/C(=C2/C=Cc3ccccc32)c2ccccc2C1C. The van der Waals surface area contributed by atoms with E-state index in [1.807, 2.05) is 0 Å². The lowest BCUT2D eigenvalue weighted by Gasteiger charge is -2.14. The zero-order valence-corrected chi connectivity index (χ0v) is 11.9. The van der Waals surface area contributed by atoms with Crippen molar-refractivity contribution in [2.24, 2.45) is 5.92 Å². The van der Waals surface area contributed by atoms with Crippen molar-refractivity contribution in [2.45, 2.75) is 19.8 Å². The molecular formula is C20H18. The van der Waals surface area contributed by atoms with Gasteiger partial charge >= 0.3 is 0 Å². The minimum atomic E-state index is 0.582. The third-order valence-corrected chi connectivity index (χ3v) is 4.92. The predicted octanol–water partition coefficient (Wildman–Crippen LogP) is 5.38. The van der Waals surface area contributed by atoms with Crippen molar-refractivity contribution in [3.8, 4) is 0 Å². The summed E-state index contributed by atoms with van der Waals surface area (Å²) in [5.74, 6) is 1.19. The minimum Gasteiger partial charge on any atom is -0.0619 e. The van der Waals surface area contributed by atoms with Crippen molar-refractivity contribution in [3.05, 3.63) is 76.9 Å². The number of benzene rings is 2. The normalized spacial score (nSPS) is 26.7. The van der Waals surface area contributed by atoms with Gasteiger partial charge in [-0.2, -0.15) is 0 Å². The van der Waals surface area contributed by atoms with Crippen molar-refractivity contribution >= 4 is 17.2 Å². The molecule has 0 amide bonds. The van der Waals surface area contributed by atoms with Crippen LogP contribution in [0.2, 0.25) is 0 Å². The third kappa shape index (κ3) is 1.48. The Morgan fingerprint density at radius 1 is 0.700 bits per heavy atom. The fourth-order valence-electron chi connectivity index (χ4n) is 3.68. The van der Waals surface area contributed by atoms with E-state index in [0.717, 1.165) is 0 Å². The minimum absolute atomic E-state index is 0.582. The summed E-state index contributed by atoms with van der Waals surface area (Å²) in [6.07, 6.45) is 4.54. The molecule has 0 spiro atoms. The fraction of sp³-hybridized carbons (Fsp3) is 0.200. The molecule has 2 aliphatic carbocycles. The number of fused-ring (bicyclic) bond motifs is 2. The lowest BCUT2D eigenvalue weighted by atomic mass is 9.89. The molecule has 4 rings (SSSR count). The summed E-state index contributed by atoms with van der Waals surface area (Å²) >= 11 is 0. The van der Waals surface area contributed by atoms with E-state index in [4.69, 9.17) is 0 Å². The second-order valence-electron chi connectivity index (χ2n) is 5.91. The van der Waals surface area contributed by atoms with Crippen molar-refractivity contribution in [1.29, 1.82) is 0 Å². The van der Waals surface area contributed by atoms with Gasteiger partial charge in [0.05, 0.1) is 0 Å². The molecule has 0 N–H and O–H groups in total. The average molecular weight is 258 g/mol. The predicted molar refractivity (Wildman–Crippen MR) is 86.3 cm³/mol. The molecular weight excluding hydrogens is 240 g/mol. The number of hydrogen-bond donors (Lipinski definition) is 0. The van der Waals surface area contributed by atoms with Crippen LogP contribution < -0.4 is 0 Å². The van der Waals surface area contributed by atoms with E-state index < -0.39 is 0 Å². The molecule has 0 radical (unpaired) electrons. The topological polar surface area (TPSA) is 0 Å². The second kappa shape index (κ2) is 4.21. The molecule has 0 aliphatic heterocycles. The molecule has 2 aliphatic rings. The van der Waals surface area contributed by atoms with Gasteiger partial charge in [-0.15, -0.1) is 0 Å². The van der Waals surface area contributed by atoms with Gasteiger partial charge in [-0.05, 0) is 45.2 Å². The first-order valence-corrected chi connectivity index (χ1v) is 7.38.